The van der Waals surface area contributed by atoms with Crippen LogP contribution in [0.2, 0.25) is 12.1 Å². The molecule has 0 amide bonds. The van der Waals surface area contributed by atoms with Crippen LogP contribution in [0.5, 0.6) is 0 Å². The maximum absolute atomic E-state index is 6.04. The van der Waals surface area contributed by atoms with Gasteiger partial charge >= 0.3 is 0 Å². The first-order chi connectivity index (χ1) is 22.6. The van der Waals surface area contributed by atoms with Crippen LogP contribution in [-0.4, -0.2) is 94.2 Å². The van der Waals surface area contributed by atoms with Crippen LogP contribution in [0.3, 0.4) is 0 Å². The van der Waals surface area contributed by atoms with Crippen molar-refractivity contribution < 1.29 is 27.8 Å². The van der Waals surface area contributed by atoms with Gasteiger partial charge in [-0.05, 0) is 63.0 Å². The third-order valence-electron chi connectivity index (χ3n) is 6.96. The van der Waals surface area contributed by atoms with E-state index >= 15 is 0 Å². The molecule has 0 spiro atoms. The monoisotopic (exact) mass is 736 g/mol. The van der Waals surface area contributed by atoms with Crippen molar-refractivity contribution in [1.29, 1.82) is 0 Å². The smallest absolute Gasteiger partial charge is 0.230 e. The van der Waals surface area contributed by atoms with E-state index in [2.05, 4.69) is 48.5 Å². The zero-order valence-electron chi connectivity index (χ0n) is 27.0. The van der Waals surface area contributed by atoms with Crippen LogP contribution in [0.25, 0.3) is 20.4 Å². The third kappa shape index (κ3) is 13.2. The van der Waals surface area contributed by atoms with Gasteiger partial charge in [0.2, 0.25) is 19.5 Å². The summed E-state index contributed by atoms with van der Waals surface area (Å²) >= 11 is 3.62. The van der Waals surface area contributed by atoms with Gasteiger partial charge in [-0.2, -0.15) is 0 Å². The van der Waals surface area contributed by atoms with Crippen molar-refractivity contribution in [3.05, 3.63) is 58.5 Å². The van der Waals surface area contributed by atoms with E-state index in [1.165, 1.54) is 19.4 Å². The first kappa shape index (κ1) is 37.9. The molecule has 0 aliphatic heterocycles. The number of hydrogen-bond acceptors (Lipinski definition) is 12. The number of ether oxygens (including phenoxy) is 4. The molecule has 8 nitrogen and oxygen atoms in total. The first-order valence-electron chi connectivity index (χ1n) is 15.5. The minimum atomic E-state index is -0.182. The average Bonchev–Trinajstić information content (AvgIpc) is 3.71. The number of thiazole rings is 2. The average molecular weight is 737 g/mol. The van der Waals surface area contributed by atoms with Crippen LogP contribution in [0.1, 0.15) is 48.5 Å². The van der Waals surface area contributed by atoms with Gasteiger partial charge in [-0.1, -0.05) is 45.9 Å². The van der Waals surface area contributed by atoms with Crippen molar-refractivity contribution in [2.75, 3.05) is 52.2 Å². The number of nitrogens with zero attached hydrogens (tertiary/aromatic N) is 2. The number of aromatic nitrogens is 2. The van der Waals surface area contributed by atoms with E-state index in [0.29, 0.717) is 57.8 Å². The Morgan fingerprint density at radius 2 is 1.09 bits per heavy atom. The van der Waals surface area contributed by atoms with Gasteiger partial charge in [-0.3, -0.25) is 0 Å². The Hall–Kier alpha value is -0.886. The Balaban J connectivity index is 1.28. The van der Waals surface area contributed by atoms with Crippen molar-refractivity contribution in [3.8, 4) is 0 Å². The molecule has 0 saturated heterocycles. The SMILES string of the molecule is COC(C)OCCCO[Si]CC(CSSCC(C[Si]OCCCOC(C)OC)c1nc2ccccc2s1)c1nc2ccccc2s1. The van der Waals surface area contributed by atoms with Crippen molar-refractivity contribution in [2.45, 2.75) is 63.2 Å². The maximum Gasteiger partial charge on any atom is 0.230 e. The highest BCUT2D eigenvalue weighted by atomic mass is 33.1. The number of fused-ring (bicyclic) bond motifs is 2. The van der Waals surface area contributed by atoms with E-state index in [-0.39, 0.29) is 12.6 Å². The predicted molar refractivity (Wildman–Crippen MR) is 197 cm³/mol. The molecule has 0 bridgehead atoms. The molecule has 0 aliphatic carbocycles. The molecule has 0 N–H and O–H groups in total. The summed E-state index contributed by atoms with van der Waals surface area (Å²) in [5, 5.41) is 2.40. The number of hydrogen-bond donors (Lipinski definition) is 0. The molecule has 4 atom stereocenters. The molecule has 0 aliphatic rings. The van der Waals surface area contributed by atoms with Gasteiger partial charge < -0.3 is 27.8 Å². The van der Waals surface area contributed by atoms with Crippen molar-refractivity contribution in [3.63, 3.8) is 0 Å². The second-order valence-corrected chi connectivity index (χ2v) is 17.1. The lowest BCUT2D eigenvalue weighted by molar-refractivity contribution is -0.112. The van der Waals surface area contributed by atoms with Crippen LogP contribution in [0.15, 0.2) is 48.5 Å². The van der Waals surface area contributed by atoms with Crippen molar-refractivity contribution in [1.82, 2.24) is 9.97 Å². The summed E-state index contributed by atoms with van der Waals surface area (Å²) < 4.78 is 36.0. The molecule has 0 fully saturated rings. The lowest BCUT2D eigenvalue weighted by atomic mass is 10.2. The standard InChI is InChI=1S/C32H44N2O6S4Si2/c1-23(35-3)37-15-9-17-39-45-21-25(31-33-27-11-5-7-13-29(27)43-31)19-41-42-20-26(22-46-40-18-10-16-38-24(2)36-4)32-34-28-12-6-8-14-30(28)44-32/h5-8,11-14,23-26H,9-10,15-22H2,1-4H3. The largest absolute Gasteiger partial charge is 0.417 e. The van der Waals surface area contributed by atoms with Gasteiger partial charge in [0.1, 0.15) is 0 Å². The molecule has 4 unspecified atom stereocenters. The van der Waals surface area contributed by atoms with Crippen molar-refractivity contribution >= 4 is 84.2 Å². The fourth-order valence-corrected chi connectivity index (χ4v) is 11.8. The summed E-state index contributed by atoms with van der Waals surface area (Å²) in [6.07, 6.45) is 1.35. The normalized spacial score (nSPS) is 14.6. The molecule has 0 saturated carbocycles. The molecule has 2 heterocycles. The zero-order chi connectivity index (χ0) is 32.4. The van der Waals surface area contributed by atoms with Gasteiger partial charge in [-0.25, -0.2) is 9.97 Å². The second-order valence-electron chi connectivity index (χ2n) is 10.5. The maximum atomic E-state index is 6.04. The molecular weight excluding hydrogens is 693 g/mol. The molecular formula is C32H44N2O6S4Si2. The summed E-state index contributed by atoms with van der Waals surface area (Å²) in [5.41, 5.74) is 2.16. The summed E-state index contributed by atoms with van der Waals surface area (Å²) in [6.45, 7) is 6.46. The van der Waals surface area contributed by atoms with Crippen LogP contribution >= 0.6 is 44.3 Å². The Labute approximate surface area is 294 Å². The molecule has 14 heteroatoms. The highest BCUT2D eigenvalue weighted by molar-refractivity contribution is 8.76. The highest BCUT2D eigenvalue weighted by Crippen LogP contribution is 2.39. The van der Waals surface area contributed by atoms with Crippen LogP contribution in [0, 0.1) is 0 Å². The van der Waals surface area contributed by atoms with Gasteiger partial charge in [0.05, 0.1) is 43.7 Å². The predicted octanol–water partition coefficient (Wildman–Crippen LogP) is 8.06. The summed E-state index contributed by atoms with van der Waals surface area (Å²) in [7, 11) is 8.03. The van der Waals surface area contributed by atoms with E-state index in [9.17, 15) is 0 Å². The molecule has 250 valence electrons. The fourth-order valence-electron chi connectivity index (χ4n) is 4.19. The summed E-state index contributed by atoms with van der Waals surface area (Å²) in [4.78, 5) is 10.0. The lowest BCUT2D eigenvalue weighted by Crippen LogP contribution is -2.14. The Bertz CT molecular complexity index is 1230. The Kier molecular flexibility index (Phi) is 18.1. The number of benzene rings is 2. The number of methoxy groups -OCH3 is 2. The fraction of sp³-hybridized carbons (Fsp3) is 0.562. The van der Waals surface area contributed by atoms with Gasteiger partial charge in [0.25, 0.3) is 0 Å². The Morgan fingerprint density at radius 1 is 0.652 bits per heavy atom. The molecule has 46 heavy (non-hydrogen) atoms. The van der Waals surface area contributed by atoms with E-state index in [4.69, 9.17) is 37.8 Å². The van der Waals surface area contributed by atoms with E-state index in [1.54, 1.807) is 14.2 Å². The molecule has 2 aromatic carbocycles. The molecule has 4 aromatic rings. The van der Waals surface area contributed by atoms with Crippen LogP contribution in [-0.2, 0) is 27.8 Å². The summed E-state index contributed by atoms with van der Waals surface area (Å²) in [6, 6.07) is 18.8. The minimum Gasteiger partial charge on any atom is -0.417 e. The van der Waals surface area contributed by atoms with Crippen LogP contribution in [0.4, 0.5) is 0 Å². The second kappa shape index (κ2) is 22.0. The molecule has 4 rings (SSSR count). The first-order valence-corrected chi connectivity index (χ1v) is 21.9. The van der Waals surface area contributed by atoms with Crippen molar-refractivity contribution in [2.24, 2.45) is 0 Å². The zero-order valence-corrected chi connectivity index (χ0v) is 32.2. The quantitative estimate of drug-likeness (QED) is 0.0289. The topological polar surface area (TPSA) is 81.2 Å². The van der Waals surface area contributed by atoms with Gasteiger partial charge in [0.15, 0.2) is 12.6 Å². The van der Waals surface area contributed by atoms with E-state index in [1.807, 2.05) is 58.1 Å². The van der Waals surface area contributed by atoms with Crippen LogP contribution < -0.4 is 0 Å². The minimum absolute atomic E-state index is 0.182. The molecule has 4 radical (unpaired) electrons. The third-order valence-corrected chi connectivity index (χ3v) is 14.0. The summed E-state index contributed by atoms with van der Waals surface area (Å²) in [5.74, 6) is 2.65. The molecule has 2 aromatic heterocycles. The highest BCUT2D eigenvalue weighted by Gasteiger charge is 2.21. The van der Waals surface area contributed by atoms with Gasteiger partial charge in [0, 0.05) is 50.8 Å². The lowest BCUT2D eigenvalue weighted by Gasteiger charge is -2.16. The van der Waals surface area contributed by atoms with Gasteiger partial charge in [-0.15, -0.1) is 22.7 Å². The number of para-hydroxylation sites is 2. The van der Waals surface area contributed by atoms with E-state index < -0.39 is 0 Å². The number of rotatable bonds is 25. The Morgan fingerprint density at radius 3 is 1.50 bits per heavy atom. The van der Waals surface area contributed by atoms with E-state index in [0.717, 1.165) is 47.5 Å².